The highest BCUT2D eigenvalue weighted by molar-refractivity contribution is 7.29. The van der Waals surface area contributed by atoms with E-state index in [0.29, 0.717) is 25.0 Å². The maximum atomic E-state index is 13.5. The van der Waals surface area contributed by atoms with Crippen LogP contribution in [0.25, 0.3) is 72.7 Å². The highest BCUT2D eigenvalue weighted by Gasteiger charge is 2.28. The molecule has 7 rings (SSSR count). The van der Waals surface area contributed by atoms with Crippen molar-refractivity contribution < 1.29 is 19.1 Å². The van der Waals surface area contributed by atoms with Crippen molar-refractivity contribution in [1.82, 2.24) is 0 Å². The number of carbonyl (C=O) groups is 2. The number of aryl methyl sites for hydroxylation is 2. The first-order valence-corrected chi connectivity index (χ1v) is 40.0. The number of thiophene rings is 6. The molecule has 0 amide bonds. The second-order valence-corrected chi connectivity index (χ2v) is 31.6. The summed E-state index contributed by atoms with van der Waals surface area (Å²) in [5.41, 5.74) is 5.23. The van der Waals surface area contributed by atoms with Crippen LogP contribution in [0.1, 0.15) is 266 Å². The zero-order valence-corrected chi connectivity index (χ0v) is 60.8. The summed E-state index contributed by atoms with van der Waals surface area (Å²) in [5, 5.41) is 23.4. The summed E-state index contributed by atoms with van der Waals surface area (Å²) in [7, 11) is 0. The maximum absolute atomic E-state index is 13.5. The van der Waals surface area contributed by atoms with Crippen molar-refractivity contribution in [2.45, 2.75) is 261 Å². The Hall–Kier alpha value is -4.66. The minimum absolute atomic E-state index is 0.0510. The number of nitrogens with zero attached hydrogens (tertiary/aromatic N) is 2. The maximum Gasteiger partial charge on any atom is 0.348 e. The number of carbonyl (C=O) groups excluding carboxylic acids is 2. The molecule has 1 aromatic carbocycles. The van der Waals surface area contributed by atoms with E-state index < -0.39 is 11.9 Å². The van der Waals surface area contributed by atoms with E-state index in [9.17, 15) is 20.1 Å². The second-order valence-electron chi connectivity index (χ2n) is 25.0. The normalized spacial score (nSPS) is 12.7. The Labute approximate surface area is 566 Å². The van der Waals surface area contributed by atoms with Gasteiger partial charge >= 0.3 is 11.9 Å². The van der Waals surface area contributed by atoms with Gasteiger partial charge in [0.1, 0.15) is 23.3 Å². The van der Waals surface area contributed by atoms with Gasteiger partial charge in [-0.05, 0) is 135 Å². The van der Waals surface area contributed by atoms with Crippen LogP contribution >= 0.6 is 68.0 Å². The number of benzene rings is 1. The van der Waals surface area contributed by atoms with Crippen LogP contribution in [0.4, 0.5) is 0 Å². The highest BCUT2D eigenvalue weighted by Crippen LogP contribution is 2.56. The van der Waals surface area contributed by atoms with E-state index in [-0.39, 0.29) is 11.1 Å². The molecule has 6 nitrogen and oxygen atoms in total. The zero-order valence-electron chi connectivity index (χ0n) is 55.9. The smallest absolute Gasteiger partial charge is 0.348 e. The Kier molecular flexibility index (Phi) is 32.2. The Bertz CT molecular complexity index is 3190. The lowest BCUT2D eigenvalue weighted by molar-refractivity contribution is -0.139. The van der Waals surface area contributed by atoms with Crippen molar-refractivity contribution in [2.24, 2.45) is 11.8 Å². The lowest BCUT2D eigenvalue weighted by Crippen LogP contribution is -2.07. The monoisotopic (exact) mass is 1320 g/mol. The molecule has 6 aromatic heterocycles. The third-order valence-electron chi connectivity index (χ3n) is 17.8. The number of fused-ring (bicyclic) bond motifs is 2. The molecule has 12 heteroatoms. The van der Waals surface area contributed by atoms with Crippen molar-refractivity contribution >= 4 is 112 Å². The standard InChI is InChI=1S/C78H104N2O4S6/c1-9-17-23-27-29-33-43-83-77(81)59(53-79)49-63-47-57(37-31-25-19-11-3)73(87-63)69-51-65-71(67-41-39-61(85-67)45-55(15-7)35-21-13-5)76-66(72(75(65)89-69)68-42-40-62(86-68)46-56(16-8)36-22-14-6)52-70(90-76)74-58(38-32-26-20-12-4)48-64(88-74)50-60(54-80)78(82)84-44-34-30-28-24-18-10-2/h39-42,47-52,55-56H,9-38,43-46H2,1-8H3/b59-49+,60-50+. The molecule has 0 bridgehead atoms. The van der Waals surface area contributed by atoms with Gasteiger partial charge in [-0.3, -0.25) is 0 Å². The summed E-state index contributed by atoms with van der Waals surface area (Å²) < 4.78 is 14.0. The molecule has 486 valence electrons. The molecule has 0 aliphatic carbocycles. The molecule has 0 fully saturated rings. The largest absolute Gasteiger partial charge is 0.462 e. The van der Waals surface area contributed by atoms with E-state index in [2.05, 4.69) is 116 Å². The Morgan fingerprint density at radius 1 is 0.433 bits per heavy atom. The molecule has 0 aliphatic heterocycles. The van der Waals surface area contributed by atoms with Gasteiger partial charge in [-0.25, -0.2) is 9.59 Å². The molecule has 2 unspecified atom stereocenters. The van der Waals surface area contributed by atoms with E-state index in [0.717, 1.165) is 112 Å². The number of unbranched alkanes of at least 4 members (excludes halogenated alkanes) is 18. The van der Waals surface area contributed by atoms with Gasteiger partial charge in [-0.15, -0.1) is 68.0 Å². The quantitative estimate of drug-likeness (QED) is 0.0163. The Balaban J connectivity index is 1.44. The van der Waals surface area contributed by atoms with Gasteiger partial charge in [0.2, 0.25) is 0 Å². The third-order valence-corrected chi connectivity index (χ3v) is 24.9. The van der Waals surface area contributed by atoms with Crippen LogP contribution in [-0.4, -0.2) is 25.2 Å². The molecule has 0 radical (unpaired) electrons. The summed E-state index contributed by atoms with van der Waals surface area (Å²) >= 11 is 11.2. The number of ether oxygens (including phenoxy) is 2. The first kappa shape index (κ1) is 72.8. The highest BCUT2D eigenvalue weighted by atomic mass is 32.1. The topological polar surface area (TPSA) is 100 Å². The third kappa shape index (κ3) is 21.2. The average molecular weight is 1330 g/mol. The van der Waals surface area contributed by atoms with Crippen LogP contribution in [0, 0.1) is 34.5 Å². The predicted octanol–water partition coefficient (Wildman–Crippen LogP) is 26.4. The molecular weight excluding hydrogens is 1220 g/mol. The van der Waals surface area contributed by atoms with Gasteiger partial charge in [-0.2, -0.15) is 10.5 Å². The van der Waals surface area contributed by atoms with Crippen molar-refractivity contribution in [3.63, 3.8) is 0 Å². The van der Waals surface area contributed by atoms with E-state index in [1.165, 1.54) is 184 Å². The number of nitriles is 2. The molecule has 0 aliphatic rings. The molecule has 0 spiro atoms. The summed E-state index contributed by atoms with van der Waals surface area (Å²) in [6.07, 6.45) is 39.5. The first-order chi connectivity index (χ1) is 44.0. The van der Waals surface area contributed by atoms with Crippen LogP contribution in [0.2, 0.25) is 0 Å². The average Bonchev–Trinajstić information content (AvgIpc) is 1.55. The van der Waals surface area contributed by atoms with Crippen LogP contribution in [-0.2, 0) is 44.7 Å². The molecule has 0 N–H and O–H groups in total. The zero-order chi connectivity index (χ0) is 64.0. The van der Waals surface area contributed by atoms with Crippen LogP contribution in [0.5, 0.6) is 0 Å². The summed E-state index contributed by atoms with van der Waals surface area (Å²) in [6, 6.07) is 23.6. The minimum Gasteiger partial charge on any atom is -0.462 e. The number of hydrogen-bond acceptors (Lipinski definition) is 12. The van der Waals surface area contributed by atoms with E-state index >= 15 is 0 Å². The molecule has 7 aromatic rings. The number of esters is 2. The van der Waals surface area contributed by atoms with Gasteiger partial charge in [0.05, 0.1) is 13.2 Å². The lowest BCUT2D eigenvalue weighted by Gasteiger charge is -2.13. The van der Waals surface area contributed by atoms with Gasteiger partial charge in [0, 0.05) is 80.1 Å². The fraction of sp³-hybridized carbons (Fsp3) is 0.564. The van der Waals surface area contributed by atoms with Gasteiger partial charge < -0.3 is 9.47 Å². The van der Waals surface area contributed by atoms with Crippen LogP contribution in [0.15, 0.2) is 59.7 Å². The van der Waals surface area contributed by atoms with Crippen molar-refractivity contribution in [3.05, 3.63) is 90.3 Å². The summed E-state index contributed by atoms with van der Waals surface area (Å²) in [4.78, 5) is 39.2. The Morgan fingerprint density at radius 3 is 1.17 bits per heavy atom. The predicted molar refractivity (Wildman–Crippen MR) is 396 cm³/mol. The molecule has 0 saturated carbocycles. The van der Waals surface area contributed by atoms with E-state index in [1.54, 1.807) is 34.8 Å². The van der Waals surface area contributed by atoms with Crippen molar-refractivity contribution in [1.29, 1.82) is 10.5 Å². The summed E-state index contributed by atoms with van der Waals surface area (Å²) in [6.45, 7) is 18.9. The second kappa shape index (κ2) is 39.8. The fourth-order valence-electron chi connectivity index (χ4n) is 12.3. The fourth-order valence-corrected chi connectivity index (χ4v) is 19.9. The summed E-state index contributed by atoms with van der Waals surface area (Å²) in [5.74, 6) is 0.209. The van der Waals surface area contributed by atoms with Gasteiger partial charge in [0.25, 0.3) is 0 Å². The van der Waals surface area contributed by atoms with E-state index in [1.807, 2.05) is 45.3 Å². The van der Waals surface area contributed by atoms with Crippen LogP contribution < -0.4 is 0 Å². The SMILES string of the molecule is CCCCCCCCOC(=O)/C(C#N)=C/c1cc(CCCCCC)c(-c2cc3c(-c4ccc(CC(CC)CCCC)s4)c4sc(-c5sc(/C=C(\C#N)C(=O)OCCCCCCCC)cc5CCCCCC)cc4c(-c4ccc(CC(CC)CCCC)s4)c3s2)s1. The molecule has 2 atom stereocenters. The van der Waals surface area contributed by atoms with Crippen LogP contribution in [0.3, 0.4) is 0 Å². The molecule has 6 heterocycles. The van der Waals surface area contributed by atoms with Gasteiger partial charge in [-0.1, -0.05) is 209 Å². The lowest BCUT2D eigenvalue weighted by atomic mass is 9.95. The molecule has 90 heavy (non-hydrogen) atoms. The number of hydrogen-bond donors (Lipinski definition) is 0. The Morgan fingerprint density at radius 2 is 0.800 bits per heavy atom. The van der Waals surface area contributed by atoms with Crippen molar-refractivity contribution in [3.8, 4) is 52.5 Å². The molecular formula is C78H104N2O4S6. The van der Waals surface area contributed by atoms with E-state index in [4.69, 9.17) is 9.47 Å². The van der Waals surface area contributed by atoms with Crippen molar-refractivity contribution in [2.75, 3.05) is 13.2 Å². The molecule has 0 saturated heterocycles. The van der Waals surface area contributed by atoms with Gasteiger partial charge in [0.15, 0.2) is 0 Å². The number of rotatable bonds is 44. The first-order valence-electron chi connectivity index (χ1n) is 35.1. The minimum atomic E-state index is -0.539.